The lowest BCUT2D eigenvalue weighted by Crippen LogP contribution is -2.56. The topological polar surface area (TPSA) is 60.7 Å². The van der Waals surface area contributed by atoms with Gasteiger partial charge in [-0.2, -0.15) is 0 Å². The van der Waals surface area contributed by atoms with Crippen LogP contribution in [0.3, 0.4) is 0 Å². The Morgan fingerprint density at radius 3 is 2.54 bits per heavy atom. The second-order valence-corrected chi connectivity index (χ2v) is 13.8. The minimum atomic E-state index is -0.565. The van der Waals surface area contributed by atoms with Gasteiger partial charge in [0.2, 0.25) is 0 Å². The largest absolute Gasteiger partial charge is 0.392 e. The zero-order chi connectivity index (χ0) is 25.6. The standard InChI is InChI=1S/C32H52O3/c1-7-8-9-12-24-28(33)20-22-13-14-23-26-16-15-25(21(2)11-10-18-30(3,4)35)31(26,5)19-17-27(23)32(22,6)29(24)34/h7,13-14,21,24-29,33-35H,1,8-12,15-20H2,2-6H3/t21-,24+,25-,26+,27+,28-,29+,31-,32+/m1/s1. The maximum absolute atomic E-state index is 11.8. The fourth-order valence-electron chi connectivity index (χ4n) is 9.07. The highest BCUT2D eigenvalue weighted by Gasteiger charge is 2.60. The Morgan fingerprint density at radius 1 is 1.11 bits per heavy atom. The summed E-state index contributed by atoms with van der Waals surface area (Å²) in [6.45, 7) is 15.0. The van der Waals surface area contributed by atoms with Crippen LogP contribution in [0.2, 0.25) is 0 Å². The lowest BCUT2D eigenvalue weighted by Gasteiger charge is -2.58. The molecule has 0 unspecified atom stereocenters. The SMILES string of the molecule is C=CCCC[C@H]1[C@H](O)CC2=CC=C3[C@@H]4CC[C@H]([C@H](C)CCCC(C)(C)O)[C@@]4(C)CC[C@@H]3[C@@]2(C)[C@H]1O. The smallest absolute Gasteiger partial charge is 0.0689 e. The van der Waals surface area contributed by atoms with Crippen molar-refractivity contribution in [2.75, 3.05) is 0 Å². The molecule has 0 aromatic heterocycles. The second kappa shape index (κ2) is 10.1. The average Bonchev–Trinajstić information content (AvgIpc) is 3.14. The molecule has 0 aliphatic heterocycles. The third-order valence-corrected chi connectivity index (χ3v) is 11.1. The minimum absolute atomic E-state index is 0.0446. The highest BCUT2D eigenvalue weighted by atomic mass is 16.3. The first-order valence-electron chi connectivity index (χ1n) is 14.5. The highest BCUT2D eigenvalue weighted by molar-refractivity contribution is 5.40. The molecule has 0 heterocycles. The number of unbranched alkanes of at least 4 members (excludes halogenated alkanes) is 1. The van der Waals surface area contributed by atoms with Crippen LogP contribution in [0.15, 0.2) is 36.0 Å². The molecule has 0 aromatic rings. The van der Waals surface area contributed by atoms with Crippen molar-refractivity contribution in [2.24, 2.45) is 40.4 Å². The van der Waals surface area contributed by atoms with Crippen LogP contribution >= 0.6 is 0 Å². The van der Waals surface area contributed by atoms with E-state index in [4.69, 9.17) is 0 Å². The zero-order valence-corrected chi connectivity index (χ0v) is 23.1. The number of rotatable bonds is 9. The average molecular weight is 485 g/mol. The molecule has 3 saturated carbocycles. The van der Waals surface area contributed by atoms with E-state index in [9.17, 15) is 15.3 Å². The number of aliphatic hydroxyl groups excluding tert-OH is 2. The van der Waals surface area contributed by atoms with E-state index in [0.29, 0.717) is 29.6 Å². The summed E-state index contributed by atoms with van der Waals surface area (Å²) in [5.74, 6) is 2.38. The Bertz CT molecular complexity index is 834. The van der Waals surface area contributed by atoms with Crippen molar-refractivity contribution >= 4 is 0 Å². The normalized spacial score (nSPS) is 41.8. The van der Waals surface area contributed by atoms with E-state index >= 15 is 0 Å². The van der Waals surface area contributed by atoms with E-state index in [-0.39, 0.29) is 11.3 Å². The van der Waals surface area contributed by atoms with Crippen LogP contribution < -0.4 is 0 Å². The van der Waals surface area contributed by atoms with Crippen molar-refractivity contribution in [1.29, 1.82) is 0 Å². The Morgan fingerprint density at radius 2 is 1.86 bits per heavy atom. The van der Waals surface area contributed by atoms with E-state index < -0.39 is 17.8 Å². The Balaban J connectivity index is 1.53. The Labute approximate surface area is 214 Å². The summed E-state index contributed by atoms with van der Waals surface area (Å²) in [6.07, 6.45) is 17.3. The van der Waals surface area contributed by atoms with E-state index in [1.807, 2.05) is 19.9 Å². The van der Waals surface area contributed by atoms with E-state index in [1.54, 1.807) is 5.57 Å². The molecule has 3 heteroatoms. The van der Waals surface area contributed by atoms with E-state index in [0.717, 1.165) is 44.4 Å². The monoisotopic (exact) mass is 484 g/mol. The summed E-state index contributed by atoms with van der Waals surface area (Å²) in [5, 5.41) is 32.8. The van der Waals surface area contributed by atoms with Gasteiger partial charge in [0.25, 0.3) is 0 Å². The molecule has 3 nitrogen and oxygen atoms in total. The van der Waals surface area contributed by atoms with Crippen LogP contribution in [0.25, 0.3) is 0 Å². The third kappa shape index (κ3) is 4.87. The van der Waals surface area contributed by atoms with Gasteiger partial charge in [0.1, 0.15) is 0 Å². The molecule has 4 aliphatic carbocycles. The lowest BCUT2D eigenvalue weighted by atomic mass is 9.48. The first-order valence-corrected chi connectivity index (χ1v) is 14.5. The summed E-state index contributed by atoms with van der Waals surface area (Å²) in [5.41, 5.74) is 2.38. The number of hydrogen-bond acceptors (Lipinski definition) is 3. The molecule has 0 amide bonds. The first-order chi connectivity index (χ1) is 16.4. The second-order valence-electron chi connectivity index (χ2n) is 13.8. The van der Waals surface area contributed by atoms with Crippen LogP contribution in [0.1, 0.15) is 105 Å². The molecule has 4 rings (SSSR count). The summed E-state index contributed by atoms with van der Waals surface area (Å²) in [7, 11) is 0. The van der Waals surface area contributed by atoms with Crippen molar-refractivity contribution in [2.45, 2.75) is 123 Å². The fraction of sp³-hybridized carbons (Fsp3) is 0.812. The highest BCUT2D eigenvalue weighted by Crippen LogP contribution is 2.66. The molecule has 0 saturated heterocycles. The molecule has 0 aromatic carbocycles. The van der Waals surface area contributed by atoms with E-state index in [2.05, 4.69) is 39.5 Å². The molecule has 0 spiro atoms. The Kier molecular flexibility index (Phi) is 7.84. The van der Waals surface area contributed by atoms with Crippen LogP contribution in [0.4, 0.5) is 0 Å². The fourth-order valence-corrected chi connectivity index (χ4v) is 9.07. The Hall–Kier alpha value is -0.900. The summed E-state index contributed by atoms with van der Waals surface area (Å²) in [4.78, 5) is 0. The summed E-state index contributed by atoms with van der Waals surface area (Å²) < 4.78 is 0. The van der Waals surface area contributed by atoms with Gasteiger partial charge in [-0.05, 0) is 101 Å². The maximum Gasteiger partial charge on any atom is 0.0689 e. The molecule has 198 valence electrons. The quantitative estimate of drug-likeness (QED) is 0.244. The van der Waals surface area contributed by atoms with Crippen molar-refractivity contribution in [3.63, 3.8) is 0 Å². The molecule has 9 atom stereocenters. The lowest BCUT2D eigenvalue weighted by molar-refractivity contribution is -0.0999. The van der Waals surface area contributed by atoms with Gasteiger partial charge < -0.3 is 15.3 Å². The minimum Gasteiger partial charge on any atom is -0.392 e. The van der Waals surface area contributed by atoms with Crippen molar-refractivity contribution in [3.8, 4) is 0 Å². The van der Waals surface area contributed by atoms with Gasteiger partial charge in [-0.3, -0.25) is 0 Å². The van der Waals surface area contributed by atoms with E-state index in [1.165, 1.54) is 31.3 Å². The van der Waals surface area contributed by atoms with Crippen molar-refractivity contribution < 1.29 is 15.3 Å². The van der Waals surface area contributed by atoms with Crippen LogP contribution in [0, 0.1) is 40.4 Å². The number of fused-ring (bicyclic) bond motifs is 5. The summed E-state index contributed by atoms with van der Waals surface area (Å²) >= 11 is 0. The predicted molar refractivity (Wildman–Crippen MR) is 145 cm³/mol. The predicted octanol–water partition coefficient (Wildman–Crippen LogP) is 6.98. The van der Waals surface area contributed by atoms with Gasteiger partial charge in [-0.15, -0.1) is 6.58 Å². The number of allylic oxidation sites excluding steroid dienone is 4. The molecule has 3 N–H and O–H groups in total. The maximum atomic E-state index is 11.8. The molecule has 3 fully saturated rings. The molecule has 0 radical (unpaired) electrons. The van der Waals surface area contributed by atoms with Crippen LogP contribution in [-0.4, -0.2) is 33.1 Å². The molecule has 4 aliphatic rings. The molecular formula is C32H52O3. The number of aliphatic hydroxyl groups is 3. The molecular weight excluding hydrogens is 432 g/mol. The molecule has 35 heavy (non-hydrogen) atoms. The van der Waals surface area contributed by atoms with Gasteiger partial charge >= 0.3 is 0 Å². The van der Waals surface area contributed by atoms with Gasteiger partial charge in [0.15, 0.2) is 0 Å². The van der Waals surface area contributed by atoms with Gasteiger partial charge in [-0.25, -0.2) is 0 Å². The summed E-state index contributed by atoms with van der Waals surface area (Å²) in [6, 6.07) is 0. The van der Waals surface area contributed by atoms with Crippen LogP contribution in [0.5, 0.6) is 0 Å². The van der Waals surface area contributed by atoms with Crippen molar-refractivity contribution in [3.05, 3.63) is 36.0 Å². The van der Waals surface area contributed by atoms with Crippen LogP contribution in [-0.2, 0) is 0 Å². The molecule has 0 bridgehead atoms. The third-order valence-electron chi connectivity index (χ3n) is 11.1. The number of hydrogen-bond donors (Lipinski definition) is 3. The van der Waals surface area contributed by atoms with Crippen molar-refractivity contribution in [1.82, 2.24) is 0 Å². The zero-order valence-electron chi connectivity index (χ0n) is 23.1. The van der Waals surface area contributed by atoms with Gasteiger partial charge in [0.05, 0.1) is 17.8 Å². The first kappa shape index (κ1) is 27.1. The van der Waals surface area contributed by atoms with Gasteiger partial charge in [-0.1, -0.05) is 63.0 Å². The van der Waals surface area contributed by atoms with Gasteiger partial charge in [0, 0.05) is 11.3 Å².